The van der Waals surface area contributed by atoms with E-state index in [1.165, 1.54) is 18.2 Å². The van der Waals surface area contributed by atoms with E-state index in [1.807, 2.05) is 6.07 Å². The molecule has 3 nitrogen and oxygen atoms in total. The van der Waals surface area contributed by atoms with Gasteiger partial charge in [-0.3, -0.25) is 0 Å². The number of nitrogens with zero attached hydrogens (tertiary/aromatic N) is 1. The van der Waals surface area contributed by atoms with Gasteiger partial charge in [-0.05, 0) is 44.0 Å². The summed E-state index contributed by atoms with van der Waals surface area (Å²) in [5.41, 5.74) is 5.91. The molecule has 1 saturated carbocycles. The van der Waals surface area contributed by atoms with Crippen LogP contribution in [-0.2, 0) is 0 Å². The van der Waals surface area contributed by atoms with Gasteiger partial charge in [0, 0.05) is 5.92 Å². The first kappa shape index (κ1) is 11.9. The monoisotopic (exact) mass is 234 g/mol. The number of nitriles is 1. The number of hydrogen-bond acceptors (Lipinski definition) is 3. The highest BCUT2D eigenvalue weighted by molar-refractivity contribution is 5.43. The van der Waals surface area contributed by atoms with Gasteiger partial charge in [0.25, 0.3) is 0 Å². The Balaban J connectivity index is 2.16. The van der Waals surface area contributed by atoms with Gasteiger partial charge >= 0.3 is 0 Å². The maximum absolute atomic E-state index is 13.0. The van der Waals surface area contributed by atoms with Crippen molar-refractivity contribution in [3.8, 4) is 11.8 Å². The second-order valence-electron chi connectivity index (χ2n) is 4.34. The van der Waals surface area contributed by atoms with E-state index in [9.17, 15) is 4.39 Å². The summed E-state index contributed by atoms with van der Waals surface area (Å²) >= 11 is 0. The molecule has 0 spiro atoms. The molecule has 0 heterocycles. The molecule has 2 N–H and O–H groups in total. The minimum absolute atomic E-state index is 0.0533. The summed E-state index contributed by atoms with van der Waals surface area (Å²) in [7, 11) is 0. The Morgan fingerprint density at radius 2 is 2.29 bits per heavy atom. The number of ether oxygens (including phenoxy) is 1. The van der Waals surface area contributed by atoms with Crippen LogP contribution in [0, 0.1) is 23.1 Å². The molecular weight excluding hydrogens is 219 g/mol. The largest absolute Gasteiger partial charge is 0.489 e. The molecule has 2 unspecified atom stereocenters. The van der Waals surface area contributed by atoms with Gasteiger partial charge in [0.1, 0.15) is 23.7 Å². The number of rotatable bonds is 3. The quantitative estimate of drug-likeness (QED) is 0.872. The lowest BCUT2D eigenvalue weighted by molar-refractivity contribution is 0.162. The molecule has 0 bridgehead atoms. The molecule has 0 aliphatic heterocycles. The second-order valence-corrected chi connectivity index (χ2v) is 4.34. The summed E-state index contributed by atoms with van der Waals surface area (Å²) in [6, 6.07) is 5.96. The highest BCUT2D eigenvalue weighted by Gasteiger charge is 2.28. The normalized spacial score (nSPS) is 23.4. The summed E-state index contributed by atoms with van der Waals surface area (Å²) in [6.45, 7) is 0.591. The van der Waals surface area contributed by atoms with Crippen LogP contribution in [0.1, 0.15) is 24.8 Å². The van der Waals surface area contributed by atoms with Gasteiger partial charge < -0.3 is 10.5 Å². The molecule has 4 heteroatoms. The minimum atomic E-state index is -0.421. The summed E-state index contributed by atoms with van der Waals surface area (Å²) in [4.78, 5) is 0. The van der Waals surface area contributed by atoms with E-state index >= 15 is 0 Å². The number of halogens is 1. The lowest BCUT2D eigenvalue weighted by Crippen LogP contribution is -2.27. The fraction of sp³-hybridized carbons (Fsp3) is 0.462. The van der Waals surface area contributed by atoms with Gasteiger partial charge in [-0.1, -0.05) is 0 Å². The Morgan fingerprint density at radius 3 is 3.00 bits per heavy atom. The standard InChI is InChI=1S/C13H15FN2O/c14-11-4-5-13(10(6-11)8-16)17-12-3-1-2-9(12)7-15/h4-6,9,12H,1-3,7,15H2. The molecule has 1 aromatic carbocycles. The molecule has 0 amide bonds. The maximum atomic E-state index is 13.0. The maximum Gasteiger partial charge on any atom is 0.137 e. The van der Waals surface area contributed by atoms with Gasteiger partial charge in [0.15, 0.2) is 0 Å². The van der Waals surface area contributed by atoms with Crippen molar-refractivity contribution in [2.75, 3.05) is 6.54 Å². The van der Waals surface area contributed by atoms with Crippen LogP contribution in [0.5, 0.6) is 5.75 Å². The Kier molecular flexibility index (Phi) is 3.60. The molecule has 0 saturated heterocycles. The van der Waals surface area contributed by atoms with Crippen LogP contribution in [-0.4, -0.2) is 12.6 Å². The summed E-state index contributed by atoms with van der Waals surface area (Å²) < 4.78 is 18.8. The Bertz CT molecular complexity index is 442. The third kappa shape index (κ3) is 2.56. The molecule has 0 aromatic heterocycles. The van der Waals surface area contributed by atoms with Crippen molar-refractivity contribution < 1.29 is 9.13 Å². The van der Waals surface area contributed by atoms with Crippen molar-refractivity contribution in [2.24, 2.45) is 11.7 Å². The summed E-state index contributed by atoms with van der Waals surface area (Å²) in [6.07, 6.45) is 3.15. The van der Waals surface area contributed by atoms with Crippen LogP contribution in [0.2, 0.25) is 0 Å². The fourth-order valence-corrected chi connectivity index (χ4v) is 2.28. The highest BCUT2D eigenvalue weighted by atomic mass is 19.1. The number of benzene rings is 1. The highest BCUT2D eigenvalue weighted by Crippen LogP contribution is 2.30. The topological polar surface area (TPSA) is 59.0 Å². The fourth-order valence-electron chi connectivity index (χ4n) is 2.28. The van der Waals surface area contributed by atoms with Crippen molar-refractivity contribution in [2.45, 2.75) is 25.4 Å². The van der Waals surface area contributed by atoms with Crippen molar-refractivity contribution >= 4 is 0 Å². The number of hydrogen-bond donors (Lipinski definition) is 1. The smallest absolute Gasteiger partial charge is 0.137 e. The minimum Gasteiger partial charge on any atom is -0.489 e. The number of nitrogens with two attached hydrogens (primary N) is 1. The molecule has 17 heavy (non-hydrogen) atoms. The molecule has 2 rings (SSSR count). The van der Waals surface area contributed by atoms with Crippen molar-refractivity contribution in [1.29, 1.82) is 5.26 Å². The lowest BCUT2D eigenvalue weighted by Gasteiger charge is -2.20. The third-order valence-corrected chi connectivity index (χ3v) is 3.23. The molecule has 1 aromatic rings. The van der Waals surface area contributed by atoms with E-state index in [-0.39, 0.29) is 11.7 Å². The summed E-state index contributed by atoms with van der Waals surface area (Å²) in [5.74, 6) is 0.376. The van der Waals surface area contributed by atoms with E-state index in [0.29, 0.717) is 18.2 Å². The van der Waals surface area contributed by atoms with Crippen LogP contribution in [0.3, 0.4) is 0 Å². The van der Waals surface area contributed by atoms with E-state index in [2.05, 4.69) is 0 Å². The van der Waals surface area contributed by atoms with Crippen LogP contribution in [0.4, 0.5) is 4.39 Å². The Labute approximate surface area is 100.0 Å². The molecule has 1 aliphatic carbocycles. The average Bonchev–Trinajstić information content (AvgIpc) is 2.78. The van der Waals surface area contributed by atoms with Crippen LogP contribution < -0.4 is 10.5 Å². The van der Waals surface area contributed by atoms with Gasteiger partial charge in [-0.2, -0.15) is 5.26 Å². The lowest BCUT2D eigenvalue weighted by atomic mass is 10.1. The van der Waals surface area contributed by atoms with Crippen molar-refractivity contribution in [3.05, 3.63) is 29.6 Å². The zero-order valence-corrected chi connectivity index (χ0v) is 9.53. The molecule has 0 radical (unpaired) electrons. The van der Waals surface area contributed by atoms with E-state index in [1.54, 1.807) is 0 Å². The van der Waals surface area contributed by atoms with Gasteiger partial charge in [0.2, 0.25) is 0 Å². The van der Waals surface area contributed by atoms with Gasteiger partial charge in [0.05, 0.1) is 5.56 Å². The first-order chi connectivity index (χ1) is 8.24. The summed E-state index contributed by atoms with van der Waals surface area (Å²) in [5, 5.41) is 8.92. The first-order valence-electron chi connectivity index (χ1n) is 5.81. The third-order valence-electron chi connectivity index (χ3n) is 3.23. The molecule has 1 aliphatic rings. The van der Waals surface area contributed by atoms with Crippen LogP contribution >= 0.6 is 0 Å². The zero-order valence-electron chi connectivity index (χ0n) is 9.53. The van der Waals surface area contributed by atoms with Crippen molar-refractivity contribution in [3.63, 3.8) is 0 Å². The van der Waals surface area contributed by atoms with Gasteiger partial charge in [-0.15, -0.1) is 0 Å². The first-order valence-corrected chi connectivity index (χ1v) is 5.81. The predicted octanol–water partition coefficient (Wildman–Crippen LogP) is 2.20. The van der Waals surface area contributed by atoms with Gasteiger partial charge in [-0.25, -0.2) is 4.39 Å². The predicted molar refractivity (Wildman–Crippen MR) is 61.9 cm³/mol. The molecule has 2 atom stereocenters. The average molecular weight is 234 g/mol. The molecule has 1 fully saturated rings. The Hall–Kier alpha value is -1.60. The SMILES string of the molecule is N#Cc1cc(F)ccc1OC1CCCC1CN. The molecular formula is C13H15FN2O. The van der Waals surface area contributed by atoms with Crippen LogP contribution in [0.25, 0.3) is 0 Å². The van der Waals surface area contributed by atoms with Crippen molar-refractivity contribution in [1.82, 2.24) is 0 Å². The van der Waals surface area contributed by atoms with Crippen LogP contribution in [0.15, 0.2) is 18.2 Å². The zero-order chi connectivity index (χ0) is 12.3. The Morgan fingerprint density at radius 1 is 1.47 bits per heavy atom. The second kappa shape index (κ2) is 5.15. The molecule has 90 valence electrons. The van der Waals surface area contributed by atoms with E-state index in [0.717, 1.165) is 19.3 Å². The van der Waals surface area contributed by atoms with E-state index < -0.39 is 5.82 Å². The van der Waals surface area contributed by atoms with E-state index in [4.69, 9.17) is 15.7 Å².